The van der Waals surface area contributed by atoms with Crippen LogP contribution >= 0.6 is 0 Å². The summed E-state index contributed by atoms with van der Waals surface area (Å²) >= 11 is 0. The fourth-order valence-corrected chi connectivity index (χ4v) is 8.32. The van der Waals surface area contributed by atoms with Crippen LogP contribution in [0, 0.1) is 0 Å². The van der Waals surface area contributed by atoms with Crippen LogP contribution in [0.5, 0.6) is 0 Å². The second-order valence-corrected chi connectivity index (χ2v) is 14.3. The molecule has 5 heteroatoms. The van der Waals surface area contributed by atoms with Crippen LogP contribution in [-0.2, 0) is 0 Å². The van der Waals surface area contributed by atoms with E-state index in [9.17, 15) is 0 Å². The minimum Gasteiger partial charge on any atom is -0.310 e. The molecular weight excluding hydrogens is 695 g/mol. The lowest BCUT2D eigenvalue weighted by molar-refractivity contribution is 1.19. The van der Waals surface area contributed by atoms with Gasteiger partial charge in [-0.3, -0.25) is 8.80 Å². The van der Waals surface area contributed by atoms with Crippen molar-refractivity contribution in [1.82, 2.24) is 18.8 Å². The Bertz CT molecular complexity index is 3060. The lowest BCUT2D eigenvalue weighted by Crippen LogP contribution is -2.10. The first-order valence-corrected chi connectivity index (χ1v) is 19.2. The van der Waals surface area contributed by atoms with E-state index in [0.29, 0.717) is 0 Å². The van der Waals surface area contributed by atoms with E-state index in [-0.39, 0.29) is 0 Å². The summed E-state index contributed by atoms with van der Waals surface area (Å²) in [6.07, 6.45) is 4.19. The molecule has 0 fully saturated rings. The van der Waals surface area contributed by atoms with Gasteiger partial charge in [0.25, 0.3) is 0 Å². The largest absolute Gasteiger partial charge is 0.310 e. The van der Waals surface area contributed by atoms with Crippen molar-refractivity contribution in [2.75, 3.05) is 4.90 Å². The molecule has 0 atom stereocenters. The molecule has 0 amide bonds. The summed E-state index contributed by atoms with van der Waals surface area (Å²) in [6, 6.07) is 70.8. The highest BCUT2D eigenvalue weighted by Crippen LogP contribution is 2.44. The molecule has 7 aromatic carbocycles. The molecule has 0 radical (unpaired) electrons. The van der Waals surface area contributed by atoms with Crippen LogP contribution in [0.3, 0.4) is 0 Å². The zero-order valence-electron chi connectivity index (χ0n) is 30.9. The third-order valence-corrected chi connectivity index (χ3v) is 10.9. The van der Waals surface area contributed by atoms with Gasteiger partial charge in [0.2, 0.25) is 0 Å². The van der Waals surface area contributed by atoms with Gasteiger partial charge in [-0.25, -0.2) is 9.97 Å². The van der Waals surface area contributed by atoms with Crippen LogP contribution in [0.1, 0.15) is 0 Å². The molecule has 57 heavy (non-hydrogen) atoms. The number of hydrogen-bond acceptors (Lipinski definition) is 3. The maximum Gasteiger partial charge on any atom is 0.137 e. The number of nitrogens with zero attached hydrogens (tertiary/aromatic N) is 5. The molecule has 0 aliphatic carbocycles. The van der Waals surface area contributed by atoms with Crippen LogP contribution in [0.2, 0.25) is 0 Å². The molecule has 0 N–H and O–H groups in total. The molecule has 4 heterocycles. The Balaban J connectivity index is 1.09. The second-order valence-electron chi connectivity index (χ2n) is 14.3. The number of anilines is 3. The van der Waals surface area contributed by atoms with Gasteiger partial charge in [0.15, 0.2) is 0 Å². The molecule has 11 aromatic rings. The lowest BCUT2D eigenvalue weighted by atomic mass is 9.98. The van der Waals surface area contributed by atoms with E-state index in [1.807, 2.05) is 24.3 Å². The maximum atomic E-state index is 5.10. The zero-order valence-corrected chi connectivity index (χ0v) is 30.9. The van der Waals surface area contributed by atoms with Gasteiger partial charge in [0, 0.05) is 51.4 Å². The molecule has 268 valence electrons. The fourth-order valence-electron chi connectivity index (χ4n) is 8.32. The summed E-state index contributed by atoms with van der Waals surface area (Å²) in [7, 11) is 0. The topological polar surface area (TPSA) is 37.8 Å². The Labute approximate surface area is 330 Å². The van der Waals surface area contributed by atoms with Gasteiger partial charge in [0.1, 0.15) is 11.3 Å². The molecule has 0 bridgehead atoms. The Morgan fingerprint density at radius 2 is 0.789 bits per heavy atom. The first-order chi connectivity index (χ1) is 28.3. The highest BCUT2D eigenvalue weighted by atomic mass is 15.1. The average Bonchev–Trinajstić information content (AvgIpc) is 3.87. The van der Waals surface area contributed by atoms with Gasteiger partial charge in [-0.05, 0) is 70.8 Å². The first-order valence-electron chi connectivity index (χ1n) is 19.2. The van der Waals surface area contributed by atoms with Crippen molar-refractivity contribution < 1.29 is 0 Å². The van der Waals surface area contributed by atoms with Crippen LogP contribution in [0.4, 0.5) is 17.1 Å². The van der Waals surface area contributed by atoms with Gasteiger partial charge >= 0.3 is 0 Å². The SMILES string of the molecule is c1ccc(-c2nc3ccccn3c2-c2ccc(N(c3ccc(-c4c(-c5ccccc5)nc5ccccn45)cc3)c3cc4ccccc4c4ccccc34)cc2)cc1. The summed E-state index contributed by atoms with van der Waals surface area (Å²) < 4.78 is 4.38. The van der Waals surface area contributed by atoms with E-state index in [0.717, 1.165) is 73.4 Å². The highest BCUT2D eigenvalue weighted by molar-refractivity contribution is 6.14. The lowest BCUT2D eigenvalue weighted by Gasteiger charge is -2.28. The predicted octanol–water partition coefficient (Wildman–Crippen LogP) is 13.4. The van der Waals surface area contributed by atoms with Crippen molar-refractivity contribution in [3.8, 4) is 45.0 Å². The third kappa shape index (κ3) is 5.56. The van der Waals surface area contributed by atoms with Crippen LogP contribution in [0.25, 0.3) is 77.9 Å². The Morgan fingerprint density at radius 1 is 0.351 bits per heavy atom. The number of benzene rings is 7. The van der Waals surface area contributed by atoms with Crippen LogP contribution in [0.15, 0.2) is 213 Å². The van der Waals surface area contributed by atoms with Crippen molar-refractivity contribution in [1.29, 1.82) is 0 Å². The van der Waals surface area contributed by atoms with Crippen LogP contribution < -0.4 is 4.90 Å². The van der Waals surface area contributed by atoms with E-state index in [1.54, 1.807) is 0 Å². The van der Waals surface area contributed by atoms with Crippen molar-refractivity contribution >= 4 is 49.9 Å². The van der Waals surface area contributed by atoms with Crippen molar-refractivity contribution in [3.05, 3.63) is 213 Å². The fraction of sp³-hybridized carbons (Fsp3) is 0. The second kappa shape index (κ2) is 13.5. The van der Waals surface area contributed by atoms with Gasteiger partial charge in [-0.1, -0.05) is 146 Å². The summed E-state index contributed by atoms with van der Waals surface area (Å²) in [5.74, 6) is 0. The molecule has 4 aromatic heterocycles. The molecule has 0 aliphatic heterocycles. The summed E-state index contributed by atoms with van der Waals surface area (Å²) in [5.41, 5.74) is 13.5. The molecule has 11 rings (SSSR count). The van der Waals surface area contributed by atoms with E-state index in [2.05, 4.69) is 202 Å². The standard InChI is InChI=1S/C52H35N5/c1-3-15-36(16-4-1)49-51(55-33-13-11-23-47(55)53-49)38-25-29-41(30-26-38)57(46-35-40-19-7-8-20-43(40)44-21-9-10-22-45(44)46)42-31-27-39(28-32-42)52-50(37-17-5-2-6-18-37)54-48-24-12-14-34-56(48)52/h1-35H. The van der Waals surface area contributed by atoms with Crippen molar-refractivity contribution in [3.63, 3.8) is 0 Å². The summed E-state index contributed by atoms with van der Waals surface area (Å²) in [4.78, 5) is 12.6. The van der Waals surface area contributed by atoms with Gasteiger partial charge in [-0.2, -0.15) is 0 Å². The summed E-state index contributed by atoms with van der Waals surface area (Å²) in [6.45, 7) is 0. The minimum atomic E-state index is 0.918. The molecule has 5 nitrogen and oxygen atoms in total. The van der Waals surface area contributed by atoms with E-state index >= 15 is 0 Å². The van der Waals surface area contributed by atoms with E-state index < -0.39 is 0 Å². The normalized spacial score (nSPS) is 11.5. The smallest absolute Gasteiger partial charge is 0.137 e. The molecule has 0 unspecified atom stereocenters. The Hall–Kier alpha value is -7.76. The average molecular weight is 730 g/mol. The molecule has 0 aliphatic rings. The number of aromatic nitrogens is 4. The molecule has 0 spiro atoms. The quantitative estimate of drug-likeness (QED) is 0.153. The number of hydrogen-bond donors (Lipinski definition) is 0. The zero-order chi connectivity index (χ0) is 37.7. The number of pyridine rings is 2. The monoisotopic (exact) mass is 729 g/mol. The highest BCUT2D eigenvalue weighted by Gasteiger charge is 2.21. The van der Waals surface area contributed by atoms with Gasteiger partial charge < -0.3 is 4.90 Å². The minimum absolute atomic E-state index is 0.918. The van der Waals surface area contributed by atoms with E-state index in [1.165, 1.54) is 21.5 Å². The van der Waals surface area contributed by atoms with Gasteiger partial charge in [0.05, 0.1) is 28.5 Å². The van der Waals surface area contributed by atoms with Crippen LogP contribution in [-0.4, -0.2) is 18.8 Å². The third-order valence-electron chi connectivity index (χ3n) is 10.9. The van der Waals surface area contributed by atoms with Gasteiger partial charge in [-0.15, -0.1) is 0 Å². The number of rotatable bonds is 7. The Morgan fingerprint density at radius 3 is 1.32 bits per heavy atom. The maximum absolute atomic E-state index is 5.10. The first kappa shape index (κ1) is 32.7. The Kier molecular flexibility index (Phi) is 7.74. The molecular formula is C52H35N5. The van der Waals surface area contributed by atoms with Crippen molar-refractivity contribution in [2.45, 2.75) is 0 Å². The number of imidazole rings is 2. The van der Waals surface area contributed by atoms with Crippen molar-refractivity contribution in [2.24, 2.45) is 0 Å². The molecule has 0 saturated carbocycles. The molecule has 0 saturated heterocycles. The predicted molar refractivity (Wildman–Crippen MR) is 235 cm³/mol. The number of fused-ring (bicyclic) bond motifs is 5. The summed E-state index contributed by atoms with van der Waals surface area (Å²) in [5, 5.41) is 4.84. The van der Waals surface area contributed by atoms with E-state index in [4.69, 9.17) is 9.97 Å².